The number of para-hydroxylation sites is 3. The summed E-state index contributed by atoms with van der Waals surface area (Å²) < 4.78 is 15.9. The lowest BCUT2D eigenvalue weighted by molar-refractivity contribution is 0.633. The monoisotopic (exact) mass is 701 g/mol. The van der Waals surface area contributed by atoms with Crippen LogP contribution in [-0.4, -0.2) is 4.57 Å². The Morgan fingerprint density at radius 1 is 0.291 bits per heavy atom. The Morgan fingerprint density at radius 3 is 1.56 bits per heavy atom. The highest BCUT2D eigenvalue weighted by atomic mass is 16.3. The number of fused-ring (bicyclic) bond motifs is 9. The van der Waals surface area contributed by atoms with E-state index in [2.05, 4.69) is 180 Å². The van der Waals surface area contributed by atoms with E-state index in [1.165, 1.54) is 43.7 Å². The minimum absolute atomic E-state index is 0.837. The normalized spacial score (nSPS) is 12.0. The minimum Gasteiger partial charge on any atom is -0.456 e. The molecule has 0 radical (unpaired) electrons. The summed E-state index contributed by atoms with van der Waals surface area (Å²) in [5, 5.41) is 10.3. The number of hydrogen-bond acceptors (Lipinski definition) is 2. The van der Waals surface area contributed by atoms with Crippen LogP contribution in [0, 0.1) is 0 Å². The zero-order chi connectivity index (χ0) is 36.0. The third kappa shape index (κ3) is 4.38. The van der Waals surface area contributed by atoms with Crippen molar-refractivity contribution in [1.29, 1.82) is 0 Å². The summed E-state index contributed by atoms with van der Waals surface area (Å²) in [5.41, 5.74) is 11.7. The van der Waals surface area contributed by atoms with E-state index < -0.39 is 0 Å². The van der Waals surface area contributed by atoms with Crippen LogP contribution in [0.5, 0.6) is 0 Å². The van der Waals surface area contributed by atoms with Gasteiger partial charge in [-0.25, -0.2) is 0 Å². The van der Waals surface area contributed by atoms with Crippen LogP contribution in [0.1, 0.15) is 0 Å². The second-order valence-corrected chi connectivity index (χ2v) is 14.4. The lowest BCUT2D eigenvalue weighted by Gasteiger charge is -2.17. The van der Waals surface area contributed by atoms with Crippen LogP contribution in [0.15, 0.2) is 197 Å². The van der Waals surface area contributed by atoms with Gasteiger partial charge in [-0.05, 0) is 80.7 Å². The summed E-state index contributed by atoms with van der Waals surface area (Å²) in [5.74, 6) is 0.858. The lowest BCUT2D eigenvalue weighted by Crippen LogP contribution is -1.94. The fourth-order valence-corrected chi connectivity index (χ4v) is 9.05. The first-order valence-corrected chi connectivity index (χ1v) is 18.8. The highest BCUT2D eigenvalue weighted by Gasteiger charge is 2.25. The van der Waals surface area contributed by atoms with E-state index in [-0.39, 0.29) is 0 Å². The standard InChI is InChI=1S/C52H31NO2/c1-3-15-32(16-4-1)50-43-31-47-42(37-20-12-14-26-46(37)54-47)30-48(43)55-52(50)51-40-23-9-7-21-38(40)49(39-22-8-10-24-41(39)51)33-27-28-36-35-19-11-13-25-44(35)53(45(36)29-33)34-17-5-2-6-18-34/h1-31H. The molecule has 12 rings (SSSR count). The number of rotatable bonds is 4. The van der Waals surface area contributed by atoms with Crippen LogP contribution >= 0.6 is 0 Å². The molecule has 3 heteroatoms. The van der Waals surface area contributed by atoms with E-state index in [0.29, 0.717) is 0 Å². The summed E-state index contributed by atoms with van der Waals surface area (Å²) in [6.07, 6.45) is 0. The maximum absolute atomic E-state index is 7.14. The maximum Gasteiger partial charge on any atom is 0.144 e. The van der Waals surface area contributed by atoms with E-state index in [1.807, 2.05) is 12.1 Å². The van der Waals surface area contributed by atoms with Gasteiger partial charge < -0.3 is 13.4 Å². The van der Waals surface area contributed by atoms with Crippen molar-refractivity contribution < 1.29 is 8.83 Å². The molecule has 0 aliphatic heterocycles. The van der Waals surface area contributed by atoms with E-state index in [9.17, 15) is 0 Å². The zero-order valence-corrected chi connectivity index (χ0v) is 29.7. The van der Waals surface area contributed by atoms with Crippen molar-refractivity contribution in [2.24, 2.45) is 0 Å². The summed E-state index contributed by atoms with van der Waals surface area (Å²) in [4.78, 5) is 0. The highest BCUT2D eigenvalue weighted by molar-refractivity contribution is 6.24. The molecule has 0 bridgehead atoms. The lowest BCUT2D eigenvalue weighted by atomic mass is 9.86. The van der Waals surface area contributed by atoms with Gasteiger partial charge in [-0.3, -0.25) is 0 Å². The number of aromatic nitrogens is 1. The Bertz CT molecular complexity index is 3420. The molecule has 0 unspecified atom stereocenters. The average molecular weight is 702 g/mol. The molecule has 0 N–H and O–H groups in total. The predicted molar refractivity (Wildman–Crippen MR) is 229 cm³/mol. The van der Waals surface area contributed by atoms with Gasteiger partial charge in [0.05, 0.1) is 11.0 Å². The topological polar surface area (TPSA) is 31.2 Å². The van der Waals surface area contributed by atoms with Gasteiger partial charge in [0.1, 0.15) is 22.5 Å². The Morgan fingerprint density at radius 2 is 0.836 bits per heavy atom. The molecule has 0 spiro atoms. The first kappa shape index (κ1) is 30.1. The fraction of sp³-hybridized carbons (Fsp3) is 0. The second-order valence-electron chi connectivity index (χ2n) is 14.4. The molecule has 256 valence electrons. The van der Waals surface area contributed by atoms with Gasteiger partial charge in [-0.2, -0.15) is 0 Å². The van der Waals surface area contributed by atoms with E-state index >= 15 is 0 Å². The maximum atomic E-state index is 7.14. The van der Waals surface area contributed by atoms with Crippen molar-refractivity contribution in [1.82, 2.24) is 4.57 Å². The number of nitrogens with zero attached hydrogens (tertiary/aromatic N) is 1. The van der Waals surface area contributed by atoms with E-state index in [0.717, 1.165) is 71.8 Å². The van der Waals surface area contributed by atoms with Crippen molar-refractivity contribution in [3.63, 3.8) is 0 Å². The van der Waals surface area contributed by atoms with Crippen LogP contribution in [0.3, 0.4) is 0 Å². The molecule has 3 heterocycles. The Balaban J connectivity index is 1.18. The quantitative estimate of drug-likeness (QED) is 0.171. The van der Waals surface area contributed by atoms with Crippen molar-refractivity contribution in [3.8, 4) is 39.3 Å². The summed E-state index contributed by atoms with van der Waals surface area (Å²) >= 11 is 0. The Hall–Kier alpha value is -7.36. The third-order valence-corrected chi connectivity index (χ3v) is 11.4. The van der Waals surface area contributed by atoms with Gasteiger partial charge >= 0.3 is 0 Å². The van der Waals surface area contributed by atoms with Gasteiger partial charge in [0.15, 0.2) is 0 Å². The van der Waals surface area contributed by atoms with Crippen molar-refractivity contribution in [3.05, 3.63) is 188 Å². The van der Waals surface area contributed by atoms with Gasteiger partial charge in [-0.15, -0.1) is 0 Å². The molecule has 12 aromatic rings. The van der Waals surface area contributed by atoms with Crippen LogP contribution in [0.25, 0.3) is 116 Å². The Kier molecular flexibility index (Phi) is 6.34. The SMILES string of the molecule is c1ccc(-c2c(-c3c4ccccc4c(-c4ccc5c6ccccc6n(-c6ccccc6)c5c4)c4ccccc34)oc3cc4c(cc23)oc2ccccc24)cc1. The Labute approximate surface area is 315 Å². The summed E-state index contributed by atoms with van der Waals surface area (Å²) in [6, 6.07) is 67.2. The van der Waals surface area contributed by atoms with Crippen LogP contribution < -0.4 is 0 Å². The molecule has 0 aliphatic carbocycles. The largest absolute Gasteiger partial charge is 0.456 e. The van der Waals surface area contributed by atoms with Gasteiger partial charge in [0.25, 0.3) is 0 Å². The van der Waals surface area contributed by atoms with Gasteiger partial charge in [0, 0.05) is 43.7 Å². The smallest absolute Gasteiger partial charge is 0.144 e. The zero-order valence-electron chi connectivity index (χ0n) is 29.7. The molecule has 0 fully saturated rings. The summed E-state index contributed by atoms with van der Waals surface area (Å²) in [6.45, 7) is 0. The van der Waals surface area contributed by atoms with Crippen molar-refractivity contribution in [2.45, 2.75) is 0 Å². The molecule has 0 aliphatic rings. The van der Waals surface area contributed by atoms with Gasteiger partial charge in [0.2, 0.25) is 0 Å². The van der Waals surface area contributed by atoms with Crippen LogP contribution in [0.4, 0.5) is 0 Å². The average Bonchev–Trinajstić information content (AvgIpc) is 3.91. The third-order valence-electron chi connectivity index (χ3n) is 11.4. The van der Waals surface area contributed by atoms with E-state index in [1.54, 1.807) is 0 Å². The molecular formula is C52H31NO2. The first-order valence-electron chi connectivity index (χ1n) is 18.8. The van der Waals surface area contributed by atoms with Gasteiger partial charge in [-0.1, -0.05) is 146 Å². The van der Waals surface area contributed by atoms with Crippen LogP contribution in [0.2, 0.25) is 0 Å². The second kappa shape index (κ2) is 11.6. The molecule has 0 amide bonds. The molecule has 0 saturated carbocycles. The first-order chi connectivity index (χ1) is 27.3. The van der Waals surface area contributed by atoms with Crippen molar-refractivity contribution in [2.75, 3.05) is 0 Å². The minimum atomic E-state index is 0.837. The summed E-state index contributed by atoms with van der Waals surface area (Å²) in [7, 11) is 0. The molecule has 3 aromatic heterocycles. The molecule has 55 heavy (non-hydrogen) atoms. The van der Waals surface area contributed by atoms with Crippen molar-refractivity contribution >= 4 is 76.3 Å². The molecule has 0 atom stereocenters. The number of benzene rings is 9. The number of hydrogen-bond donors (Lipinski definition) is 0. The van der Waals surface area contributed by atoms with Crippen LogP contribution in [-0.2, 0) is 0 Å². The molecule has 0 saturated heterocycles. The fourth-order valence-electron chi connectivity index (χ4n) is 9.05. The van der Waals surface area contributed by atoms with E-state index in [4.69, 9.17) is 8.83 Å². The number of furan rings is 2. The predicted octanol–water partition coefficient (Wildman–Crippen LogP) is 14.7. The molecule has 3 nitrogen and oxygen atoms in total. The molecule has 9 aromatic carbocycles. The molecular weight excluding hydrogens is 671 g/mol. The highest BCUT2D eigenvalue weighted by Crippen LogP contribution is 2.50.